The number of thioether (sulfide) groups is 1. The number of alkyl halides is 3. The van der Waals surface area contributed by atoms with E-state index in [1.54, 1.807) is 24.3 Å². The van der Waals surface area contributed by atoms with E-state index in [2.05, 4.69) is 11.4 Å². The van der Waals surface area contributed by atoms with Crippen molar-refractivity contribution >= 4 is 44.7 Å². The second-order valence-electron chi connectivity index (χ2n) is 6.18. The molecule has 4 aromatic rings. The molecule has 4 rings (SSSR count). The van der Waals surface area contributed by atoms with Crippen LogP contribution in [0.15, 0.2) is 76.4 Å². The molecule has 2 heterocycles. The molecule has 30 heavy (non-hydrogen) atoms. The first kappa shape index (κ1) is 20.1. The number of aromatic nitrogens is 1. The molecular formula is C21H12F3N3OS2. The van der Waals surface area contributed by atoms with Crippen LogP contribution in [-0.4, -0.2) is 10.1 Å². The summed E-state index contributed by atoms with van der Waals surface area (Å²) in [6, 6.07) is 20.0. The highest BCUT2D eigenvalue weighted by molar-refractivity contribution is 8.00. The second kappa shape index (κ2) is 7.89. The molecule has 0 aliphatic heterocycles. The molecule has 0 fully saturated rings. The minimum absolute atomic E-state index is 0.0340. The van der Waals surface area contributed by atoms with Crippen LogP contribution in [0.2, 0.25) is 0 Å². The molecule has 9 heteroatoms. The van der Waals surface area contributed by atoms with Crippen molar-refractivity contribution in [3.8, 4) is 11.8 Å². The number of hydrogen-bond donors (Lipinski definition) is 1. The first-order chi connectivity index (χ1) is 14.4. The molecule has 0 amide bonds. The van der Waals surface area contributed by atoms with Gasteiger partial charge in [-0.05, 0) is 48.2 Å². The Bertz CT molecular complexity index is 1320. The standard InChI is InChI=1S/C21H12F3N3OS2/c22-21(23,24)30-15-8-4-5-13(11-15)26-19-16-9-10-18(28)27(14-6-2-1-3-7-14)20(16)29-17(19)12-25/h1-11,26H. The number of pyridine rings is 1. The van der Waals surface area contributed by atoms with Crippen molar-refractivity contribution < 1.29 is 13.2 Å². The number of benzene rings is 2. The molecule has 0 spiro atoms. The van der Waals surface area contributed by atoms with Gasteiger partial charge in [0.1, 0.15) is 15.8 Å². The zero-order valence-electron chi connectivity index (χ0n) is 15.1. The Labute approximate surface area is 177 Å². The molecule has 0 saturated carbocycles. The van der Waals surface area contributed by atoms with E-state index < -0.39 is 5.51 Å². The van der Waals surface area contributed by atoms with Gasteiger partial charge >= 0.3 is 5.51 Å². The molecule has 4 nitrogen and oxygen atoms in total. The lowest BCUT2D eigenvalue weighted by Gasteiger charge is -2.10. The molecule has 1 N–H and O–H groups in total. The fraction of sp³-hybridized carbons (Fsp3) is 0.0476. The normalized spacial score (nSPS) is 11.4. The smallest absolute Gasteiger partial charge is 0.353 e. The average Bonchev–Trinajstić information content (AvgIpc) is 3.05. The van der Waals surface area contributed by atoms with E-state index in [0.717, 1.165) is 11.3 Å². The third-order valence-corrected chi connectivity index (χ3v) is 6.01. The number of fused-ring (bicyclic) bond motifs is 1. The van der Waals surface area contributed by atoms with Gasteiger partial charge in [0.15, 0.2) is 0 Å². The summed E-state index contributed by atoms with van der Waals surface area (Å²) in [6.45, 7) is 0. The van der Waals surface area contributed by atoms with Crippen molar-refractivity contribution in [2.75, 3.05) is 5.32 Å². The summed E-state index contributed by atoms with van der Waals surface area (Å²) < 4.78 is 39.6. The number of halogens is 3. The fourth-order valence-corrected chi connectivity index (χ4v) is 4.69. The van der Waals surface area contributed by atoms with Gasteiger partial charge in [-0.15, -0.1) is 11.3 Å². The second-order valence-corrected chi connectivity index (χ2v) is 8.32. The van der Waals surface area contributed by atoms with Crippen LogP contribution >= 0.6 is 23.1 Å². The van der Waals surface area contributed by atoms with E-state index in [9.17, 15) is 23.2 Å². The number of rotatable bonds is 4. The Morgan fingerprint density at radius 3 is 2.50 bits per heavy atom. The maximum Gasteiger partial charge on any atom is 0.446 e. The topological polar surface area (TPSA) is 57.8 Å². The lowest BCUT2D eigenvalue weighted by molar-refractivity contribution is -0.0328. The number of nitrogens with one attached hydrogen (secondary N) is 1. The Kier molecular flexibility index (Phi) is 5.28. The monoisotopic (exact) mass is 443 g/mol. The summed E-state index contributed by atoms with van der Waals surface area (Å²) in [4.78, 5) is 13.5. The quantitative estimate of drug-likeness (QED) is 0.377. The van der Waals surface area contributed by atoms with Crippen LogP contribution in [0.25, 0.3) is 15.9 Å². The Balaban J connectivity index is 1.82. The third kappa shape index (κ3) is 4.06. The maximum absolute atomic E-state index is 12.7. The summed E-state index contributed by atoms with van der Waals surface area (Å²) in [5.74, 6) is 0. The van der Waals surface area contributed by atoms with Crippen molar-refractivity contribution in [2.24, 2.45) is 0 Å². The van der Waals surface area contributed by atoms with Gasteiger partial charge in [-0.25, -0.2) is 0 Å². The predicted molar refractivity (Wildman–Crippen MR) is 114 cm³/mol. The largest absolute Gasteiger partial charge is 0.446 e. The Hall–Kier alpha value is -3.22. The van der Waals surface area contributed by atoms with Crippen molar-refractivity contribution in [2.45, 2.75) is 10.4 Å². The van der Waals surface area contributed by atoms with Gasteiger partial charge in [-0.1, -0.05) is 24.3 Å². The van der Waals surface area contributed by atoms with Gasteiger partial charge in [0.05, 0.1) is 11.4 Å². The first-order valence-electron chi connectivity index (χ1n) is 8.62. The highest BCUT2D eigenvalue weighted by Crippen LogP contribution is 2.40. The molecule has 2 aromatic carbocycles. The van der Waals surface area contributed by atoms with Crippen LogP contribution < -0.4 is 10.9 Å². The highest BCUT2D eigenvalue weighted by atomic mass is 32.2. The van der Waals surface area contributed by atoms with Crippen molar-refractivity contribution in [1.82, 2.24) is 4.57 Å². The summed E-state index contributed by atoms with van der Waals surface area (Å²) in [5, 5.41) is 13.3. The van der Waals surface area contributed by atoms with Crippen LogP contribution in [0.1, 0.15) is 4.88 Å². The van der Waals surface area contributed by atoms with Crippen LogP contribution in [0.4, 0.5) is 24.5 Å². The summed E-state index contributed by atoms with van der Waals surface area (Å²) in [5.41, 5.74) is -3.10. The summed E-state index contributed by atoms with van der Waals surface area (Å²) >= 11 is 0.942. The molecule has 0 bridgehead atoms. The number of nitrogens with zero attached hydrogens (tertiary/aromatic N) is 2. The van der Waals surface area contributed by atoms with Crippen LogP contribution in [0.3, 0.4) is 0 Å². The Morgan fingerprint density at radius 1 is 1.03 bits per heavy atom. The molecule has 0 radical (unpaired) electrons. The van der Waals surface area contributed by atoms with E-state index >= 15 is 0 Å². The molecule has 2 aromatic heterocycles. The number of anilines is 2. The fourth-order valence-electron chi connectivity index (χ4n) is 3.02. The highest BCUT2D eigenvalue weighted by Gasteiger charge is 2.29. The Morgan fingerprint density at radius 2 is 1.80 bits per heavy atom. The summed E-state index contributed by atoms with van der Waals surface area (Å²) in [6.07, 6.45) is 0. The van der Waals surface area contributed by atoms with E-state index in [-0.39, 0.29) is 22.2 Å². The van der Waals surface area contributed by atoms with Crippen LogP contribution in [0.5, 0.6) is 0 Å². The van der Waals surface area contributed by atoms with E-state index in [0.29, 0.717) is 32.2 Å². The van der Waals surface area contributed by atoms with Crippen molar-refractivity contribution in [3.63, 3.8) is 0 Å². The summed E-state index contributed by atoms with van der Waals surface area (Å²) in [7, 11) is 0. The van der Waals surface area contributed by atoms with Gasteiger partial charge in [0.2, 0.25) is 0 Å². The van der Waals surface area contributed by atoms with Crippen LogP contribution in [0, 0.1) is 11.3 Å². The zero-order valence-corrected chi connectivity index (χ0v) is 16.7. The lowest BCUT2D eigenvalue weighted by atomic mass is 10.2. The average molecular weight is 443 g/mol. The molecular weight excluding hydrogens is 431 g/mol. The van der Waals surface area contributed by atoms with E-state index in [1.165, 1.54) is 28.8 Å². The number of para-hydroxylation sites is 1. The van der Waals surface area contributed by atoms with E-state index in [1.807, 2.05) is 18.2 Å². The minimum Gasteiger partial charge on any atom is -0.353 e. The van der Waals surface area contributed by atoms with Gasteiger partial charge in [-0.3, -0.25) is 9.36 Å². The third-order valence-electron chi connectivity index (χ3n) is 4.19. The molecule has 0 saturated heterocycles. The van der Waals surface area contributed by atoms with Gasteiger partial charge in [0, 0.05) is 22.0 Å². The lowest BCUT2D eigenvalue weighted by Crippen LogP contribution is -2.16. The van der Waals surface area contributed by atoms with Gasteiger partial charge in [0.25, 0.3) is 5.56 Å². The van der Waals surface area contributed by atoms with E-state index in [4.69, 9.17) is 0 Å². The molecule has 0 aliphatic carbocycles. The number of hydrogen-bond acceptors (Lipinski definition) is 5. The maximum atomic E-state index is 12.7. The van der Waals surface area contributed by atoms with Crippen LogP contribution in [-0.2, 0) is 0 Å². The van der Waals surface area contributed by atoms with Gasteiger partial charge in [-0.2, -0.15) is 18.4 Å². The minimum atomic E-state index is -4.39. The molecule has 0 unspecified atom stereocenters. The SMILES string of the molecule is N#Cc1sc2c(ccc(=O)n2-c2ccccc2)c1Nc1cccc(SC(F)(F)F)c1. The van der Waals surface area contributed by atoms with Gasteiger partial charge < -0.3 is 5.32 Å². The predicted octanol–water partition coefficient (Wildman–Crippen LogP) is 6.28. The number of thiophene rings is 1. The molecule has 150 valence electrons. The molecule has 0 atom stereocenters. The zero-order chi connectivity index (χ0) is 21.3. The molecule has 0 aliphatic rings. The number of nitriles is 1. The first-order valence-corrected chi connectivity index (χ1v) is 10.3. The van der Waals surface area contributed by atoms with Crippen molar-refractivity contribution in [3.05, 3.63) is 82.0 Å². The van der Waals surface area contributed by atoms with Crippen molar-refractivity contribution in [1.29, 1.82) is 5.26 Å².